The fourth-order valence-electron chi connectivity index (χ4n) is 3.67. The number of nitrogens with zero attached hydrogens (tertiary/aromatic N) is 4. The minimum absolute atomic E-state index is 0. The highest BCUT2D eigenvalue weighted by atomic mass is 127. The maximum atomic E-state index is 5.46. The molecule has 1 N–H and O–H groups in total. The Hall–Kier alpha value is -1.81. The molecule has 156 valence electrons. The monoisotopic (exact) mass is 525 g/mol. The van der Waals surface area contributed by atoms with Gasteiger partial charge in [0.25, 0.3) is 0 Å². The van der Waals surface area contributed by atoms with Gasteiger partial charge in [-0.15, -0.1) is 35.3 Å². The van der Waals surface area contributed by atoms with Gasteiger partial charge >= 0.3 is 0 Å². The number of aliphatic imine (C=N–C) groups is 1. The molecule has 29 heavy (non-hydrogen) atoms. The molecule has 0 spiro atoms. The van der Waals surface area contributed by atoms with Gasteiger partial charge in [0.2, 0.25) is 0 Å². The van der Waals surface area contributed by atoms with E-state index in [1.807, 2.05) is 24.7 Å². The Bertz CT molecular complexity index is 848. The summed E-state index contributed by atoms with van der Waals surface area (Å²) >= 11 is 1.75. The molecule has 1 aliphatic heterocycles. The molecule has 2 unspecified atom stereocenters. The number of hydrogen-bond acceptors (Lipinski definition) is 4. The largest absolute Gasteiger partial charge is 0.469 e. The number of furan rings is 1. The highest BCUT2D eigenvalue weighted by Crippen LogP contribution is 2.27. The minimum Gasteiger partial charge on any atom is -0.469 e. The first-order valence-corrected chi connectivity index (χ1v) is 10.7. The SMILES string of the molecule is CC1CCN(C(=NCc2cccs2)NCCc2ccco2)CC1n1ccnc1.I. The summed E-state index contributed by atoms with van der Waals surface area (Å²) in [6.07, 6.45) is 9.57. The lowest BCUT2D eigenvalue weighted by molar-refractivity contribution is 0.189. The van der Waals surface area contributed by atoms with Crippen molar-refractivity contribution < 1.29 is 4.42 Å². The second-order valence-electron chi connectivity index (χ2n) is 7.26. The van der Waals surface area contributed by atoms with Crippen LogP contribution < -0.4 is 5.32 Å². The molecule has 0 amide bonds. The number of likely N-dealkylation sites (tertiary alicyclic amines) is 1. The van der Waals surface area contributed by atoms with Gasteiger partial charge in [-0.05, 0) is 35.9 Å². The summed E-state index contributed by atoms with van der Waals surface area (Å²) in [6.45, 7) is 5.80. The van der Waals surface area contributed by atoms with Crippen LogP contribution in [0.2, 0.25) is 0 Å². The third-order valence-electron chi connectivity index (χ3n) is 5.33. The van der Waals surface area contributed by atoms with Crippen LogP contribution in [0.3, 0.4) is 0 Å². The summed E-state index contributed by atoms with van der Waals surface area (Å²) in [7, 11) is 0. The van der Waals surface area contributed by atoms with E-state index in [0.29, 0.717) is 18.5 Å². The zero-order valence-electron chi connectivity index (χ0n) is 16.6. The topological polar surface area (TPSA) is 58.6 Å². The maximum absolute atomic E-state index is 5.46. The lowest BCUT2D eigenvalue weighted by Crippen LogP contribution is -2.49. The molecular formula is C21H28IN5OS. The molecule has 3 aromatic rings. The highest BCUT2D eigenvalue weighted by molar-refractivity contribution is 14.0. The number of halogens is 1. The average molecular weight is 525 g/mol. The molecule has 0 aliphatic carbocycles. The Labute approximate surface area is 193 Å². The predicted molar refractivity (Wildman–Crippen MR) is 128 cm³/mol. The fourth-order valence-corrected chi connectivity index (χ4v) is 4.30. The van der Waals surface area contributed by atoms with Crippen molar-refractivity contribution >= 4 is 41.3 Å². The lowest BCUT2D eigenvalue weighted by atomic mass is 9.93. The summed E-state index contributed by atoms with van der Waals surface area (Å²) in [6, 6.07) is 8.58. The van der Waals surface area contributed by atoms with Crippen molar-refractivity contribution in [2.45, 2.75) is 32.4 Å². The smallest absolute Gasteiger partial charge is 0.194 e. The molecule has 8 heteroatoms. The second kappa shape index (κ2) is 10.8. The van der Waals surface area contributed by atoms with Gasteiger partial charge in [0.1, 0.15) is 5.76 Å². The number of guanidine groups is 1. The van der Waals surface area contributed by atoms with E-state index in [-0.39, 0.29) is 24.0 Å². The number of aromatic nitrogens is 2. The first-order valence-electron chi connectivity index (χ1n) is 9.85. The molecule has 4 heterocycles. The fraction of sp³-hybridized carbons (Fsp3) is 0.429. The van der Waals surface area contributed by atoms with E-state index in [2.05, 4.69) is 50.4 Å². The van der Waals surface area contributed by atoms with Gasteiger partial charge < -0.3 is 19.2 Å². The minimum atomic E-state index is 0. The lowest BCUT2D eigenvalue weighted by Gasteiger charge is -2.39. The zero-order chi connectivity index (χ0) is 19.2. The van der Waals surface area contributed by atoms with E-state index in [0.717, 1.165) is 44.2 Å². The molecule has 0 aromatic carbocycles. The van der Waals surface area contributed by atoms with Gasteiger partial charge in [-0.2, -0.15) is 0 Å². The van der Waals surface area contributed by atoms with Gasteiger partial charge in [-0.1, -0.05) is 13.0 Å². The van der Waals surface area contributed by atoms with Gasteiger partial charge in [0, 0.05) is 43.3 Å². The van der Waals surface area contributed by atoms with Crippen molar-refractivity contribution in [2.75, 3.05) is 19.6 Å². The molecule has 1 saturated heterocycles. The van der Waals surface area contributed by atoms with Crippen molar-refractivity contribution in [1.29, 1.82) is 0 Å². The van der Waals surface area contributed by atoms with Crippen LogP contribution in [-0.4, -0.2) is 40.0 Å². The van der Waals surface area contributed by atoms with E-state index in [9.17, 15) is 0 Å². The van der Waals surface area contributed by atoms with Gasteiger partial charge in [0.05, 0.1) is 25.2 Å². The maximum Gasteiger partial charge on any atom is 0.194 e. The molecule has 2 atom stereocenters. The van der Waals surface area contributed by atoms with Crippen LogP contribution in [0.15, 0.2) is 64.0 Å². The third-order valence-corrected chi connectivity index (χ3v) is 6.19. The Morgan fingerprint density at radius 3 is 3.03 bits per heavy atom. The van der Waals surface area contributed by atoms with Crippen molar-refractivity contribution in [2.24, 2.45) is 10.9 Å². The van der Waals surface area contributed by atoms with Crippen molar-refractivity contribution in [1.82, 2.24) is 19.8 Å². The second-order valence-corrected chi connectivity index (χ2v) is 8.30. The van der Waals surface area contributed by atoms with E-state index in [1.54, 1.807) is 17.6 Å². The van der Waals surface area contributed by atoms with E-state index in [1.165, 1.54) is 4.88 Å². The highest BCUT2D eigenvalue weighted by Gasteiger charge is 2.29. The van der Waals surface area contributed by atoms with Gasteiger partial charge in [-0.3, -0.25) is 0 Å². The van der Waals surface area contributed by atoms with Crippen LogP contribution in [0, 0.1) is 5.92 Å². The van der Waals surface area contributed by atoms with Gasteiger partial charge in [-0.25, -0.2) is 9.98 Å². The zero-order valence-corrected chi connectivity index (χ0v) is 19.8. The Balaban J connectivity index is 0.00000240. The first-order chi connectivity index (χ1) is 13.8. The molecule has 4 rings (SSSR count). The van der Waals surface area contributed by atoms with E-state index < -0.39 is 0 Å². The normalized spacial score (nSPS) is 19.8. The quantitative estimate of drug-likeness (QED) is 0.294. The summed E-state index contributed by atoms with van der Waals surface area (Å²) in [5.41, 5.74) is 0. The summed E-state index contributed by atoms with van der Waals surface area (Å²) in [5.74, 6) is 2.60. The number of nitrogens with one attached hydrogen (secondary N) is 1. The van der Waals surface area contributed by atoms with Crippen molar-refractivity contribution in [3.63, 3.8) is 0 Å². The number of rotatable bonds is 6. The molecule has 6 nitrogen and oxygen atoms in total. The molecule has 1 aliphatic rings. The average Bonchev–Trinajstić information content (AvgIpc) is 3.49. The third kappa shape index (κ3) is 5.85. The molecule has 0 saturated carbocycles. The molecular weight excluding hydrogens is 497 g/mol. The molecule has 1 fully saturated rings. The number of imidazole rings is 1. The molecule has 0 bridgehead atoms. The van der Waals surface area contributed by atoms with Crippen molar-refractivity contribution in [3.05, 3.63) is 65.3 Å². The Morgan fingerprint density at radius 1 is 1.38 bits per heavy atom. The van der Waals surface area contributed by atoms with Crippen LogP contribution in [0.4, 0.5) is 0 Å². The summed E-state index contributed by atoms with van der Waals surface area (Å²) in [5, 5.41) is 5.67. The van der Waals surface area contributed by atoms with Crippen molar-refractivity contribution in [3.8, 4) is 0 Å². The summed E-state index contributed by atoms with van der Waals surface area (Å²) in [4.78, 5) is 12.8. The van der Waals surface area contributed by atoms with Crippen LogP contribution in [-0.2, 0) is 13.0 Å². The molecule has 0 radical (unpaired) electrons. The molecule has 3 aromatic heterocycles. The van der Waals surface area contributed by atoms with E-state index >= 15 is 0 Å². The number of hydrogen-bond donors (Lipinski definition) is 1. The number of piperidine rings is 1. The first kappa shape index (κ1) is 21.9. The van der Waals surface area contributed by atoms with Crippen LogP contribution in [0.1, 0.15) is 30.0 Å². The number of thiophene rings is 1. The standard InChI is InChI=1S/C21H27N5OS.HI/c1-17-7-10-25(15-20(17)26-11-9-22-16-26)21(24-14-19-5-3-13-28-19)23-8-6-18-4-2-12-27-18;/h2-5,9,11-13,16-17,20H,6-8,10,14-15H2,1H3,(H,23,24);1H. The Kier molecular flexibility index (Phi) is 8.17. The van der Waals surface area contributed by atoms with Crippen LogP contribution >= 0.6 is 35.3 Å². The van der Waals surface area contributed by atoms with E-state index in [4.69, 9.17) is 9.41 Å². The Morgan fingerprint density at radius 2 is 2.31 bits per heavy atom. The predicted octanol–water partition coefficient (Wildman–Crippen LogP) is 4.43. The van der Waals surface area contributed by atoms with Gasteiger partial charge in [0.15, 0.2) is 5.96 Å². The van der Waals surface area contributed by atoms with Crippen LogP contribution in [0.25, 0.3) is 0 Å². The van der Waals surface area contributed by atoms with Crippen LogP contribution in [0.5, 0.6) is 0 Å². The summed E-state index contributed by atoms with van der Waals surface area (Å²) < 4.78 is 7.69.